The van der Waals surface area contributed by atoms with Gasteiger partial charge in [0.25, 0.3) is 11.8 Å². The first-order valence-corrected chi connectivity index (χ1v) is 10.3. The average Bonchev–Trinajstić information content (AvgIpc) is 2.88. The van der Waals surface area contributed by atoms with E-state index in [4.69, 9.17) is 9.72 Å². The zero-order valence-corrected chi connectivity index (χ0v) is 17.9. The van der Waals surface area contributed by atoms with Gasteiger partial charge in [0.15, 0.2) is 0 Å². The summed E-state index contributed by atoms with van der Waals surface area (Å²) in [6.45, 7) is 1.34. The van der Waals surface area contributed by atoms with Crippen molar-refractivity contribution in [3.63, 3.8) is 0 Å². The molecule has 9 nitrogen and oxygen atoms in total. The number of pyridine rings is 3. The SMILES string of the molecule is CNC(=O)c1ccc(-c2cccc(C3CN(C(=O)c4ccnc(NC)c4)CCO3)n2)cn1. The molecule has 0 aliphatic carbocycles. The Morgan fingerprint density at radius 3 is 2.75 bits per heavy atom. The number of morpholine rings is 1. The summed E-state index contributed by atoms with van der Waals surface area (Å²) in [6, 6.07) is 12.6. The number of hydrogen-bond donors (Lipinski definition) is 2. The number of nitrogens with zero attached hydrogens (tertiary/aromatic N) is 4. The molecule has 3 aromatic rings. The monoisotopic (exact) mass is 432 g/mol. The molecule has 1 fully saturated rings. The van der Waals surface area contributed by atoms with Crippen LogP contribution in [0.5, 0.6) is 0 Å². The molecule has 2 N–H and O–H groups in total. The zero-order chi connectivity index (χ0) is 22.5. The third kappa shape index (κ3) is 4.57. The Morgan fingerprint density at radius 2 is 2.00 bits per heavy atom. The van der Waals surface area contributed by atoms with Crippen molar-refractivity contribution < 1.29 is 14.3 Å². The van der Waals surface area contributed by atoms with Crippen LogP contribution in [0.4, 0.5) is 5.82 Å². The van der Waals surface area contributed by atoms with Gasteiger partial charge in [-0.15, -0.1) is 0 Å². The van der Waals surface area contributed by atoms with Crippen LogP contribution in [0.2, 0.25) is 0 Å². The lowest BCUT2D eigenvalue weighted by Gasteiger charge is -2.33. The van der Waals surface area contributed by atoms with Gasteiger partial charge in [0, 0.05) is 44.2 Å². The molecule has 4 rings (SSSR count). The first-order chi connectivity index (χ1) is 15.6. The van der Waals surface area contributed by atoms with Crippen LogP contribution in [0.3, 0.4) is 0 Å². The molecule has 1 atom stereocenters. The molecule has 1 unspecified atom stereocenters. The van der Waals surface area contributed by atoms with E-state index in [0.717, 1.165) is 17.0 Å². The smallest absolute Gasteiger partial charge is 0.269 e. The van der Waals surface area contributed by atoms with E-state index in [0.29, 0.717) is 36.8 Å². The van der Waals surface area contributed by atoms with Gasteiger partial charge in [-0.3, -0.25) is 14.6 Å². The molecule has 164 valence electrons. The van der Waals surface area contributed by atoms with Crippen molar-refractivity contribution in [1.29, 1.82) is 0 Å². The normalized spacial score (nSPS) is 15.8. The average molecular weight is 432 g/mol. The Bertz CT molecular complexity index is 1120. The van der Waals surface area contributed by atoms with E-state index in [1.807, 2.05) is 24.3 Å². The van der Waals surface area contributed by atoms with Crippen molar-refractivity contribution in [2.24, 2.45) is 0 Å². The highest BCUT2D eigenvalue weighted by molar-refractivity contribution is 5.95. The molecule has 1 saturated heterocycles. The van der Waals surface area contributed by atoms with E-state index in [9.17, 15) is 9.59 Å². The van der Waals surface area contributed by atoms with Crippen molar-refractivity contribution in [2.45, 2.75) is 6.10 Å². The van der Waals surface area contributed by atoms with Crippen molar-refractivity contribution >= 4 is 17.6 Å². The molecule has 0 bridgehead atoms. The number of rotatable bonds is 5. The minimum atomic E-state index is -0.337. The first-order valence-electron chi connectivity index (χ1n) is 10.3. The third-order valence-electron chi connectivity index (χ3n) is 5.24. The molecular formula is C23H24N6O3. The zero-order valence-electron chi connectivity index (χ0n) is 17.9. The largest absolute Gasteiger partial charge is 0.373 e. The molecular weight excluding hydrogens is 408 g/mol. The molecule has 1 aliphatic rings. The second kappa shape index (κ2) is 9.52. The standard InChI is InChI=1S/C23H24N6O3/c1-24-21-12-15(8-9-26-21)23(31)29-10-11-32-20(14-29)18-5-3-4-17(28-18)16-6-7-19(27-13-16)22(30)25-2/h3-9,12-13,20H,10-11,14H2,1-2H3,(H,24,26)(H,25,30). The van der Waals surface area contributed by atoms with E-state index < -0.39 is 0 Å². The lowest BCUT2D eigenvalue weighted by Crippen LogP contribution is -2.42. The maximum atomic E-state index is 13.0. The van der Waals surface area contributed by atoms with Gasteiger partial charge in [-0.05, 0) is 36.4 Å². The van der Waals surface area contributed by atoms with Crippen LogP contribution in [-0.4, -0.2) is 65.5 Å². The Balaban J connectivity index is 1.51. The minimum absolute atomic E-state index is 0.0673. The number of nitrogens with one attached hydrogen (secondary N) is 2. The second-order valence-electron chi connectivity index (χ2n) is 7.25. The summed E-state index contributed by atoms with van der Waals surface area (Å²) in [5.41, 5.74) is 3.17. The number of carbonyl (C=O) groups is 2. The van der Waals surface area contributed by atoms with Gasteiger partial charge in [-0.25, -0.2) is 9.97 Å². The fourth-order valence-electron chi connectivity index (χ4n) is 3.49. The van der Waals surface area contributed by atoms with Crippen molar-refractivity contribution in [3.8, 4) is 11.3 Å². The summed E-state index contributed by atoms with van der Waals surface area (Å²) in [6.07, 6.45) is 2.90. The highest BCUT2D eigenvalue weighted by Gasteiger charge is 2.27. The van der Waals surface area contributed by atoms with Gasteiger partial charge in [-0.1, -0.05) is 6.07 Å². The Morgan fingerprint density at radius 1 is 1.12 bits per heavy atom. The van der Waals surface area contributed by atoms with Crippen LogP contribution in [0.25, 0.3) is 11.3 Å². The second-order valence-corrected chi connectivity index (χ2v) is 7.25. The maximum Gasteiger partial charge on any atom is 0.269 e. The Labute approximate surface area is 185 Å². The lowest BCUT2D eigenvalue weighted by molar-refractivity contribution is -0.0246. The van der Waals surface area contributed by atoms with Gasteiger partial charge in [0.2, 0.25) is 0 Å². The predicted octanol–water partition coefficient (Wildman–Crippen LogP) is 2.15. The van der Waals surface area contributed by atoms with Crippen LogP contribution < -0.4 is 10.6 Å². The fraction of sp³-hybridized carbons (Fsp3) is 0.261. The summed E-state index contributed by atoms with van der Waals surface area (Å²) in [4.78, 5) is 39.6. The number of hydrogen-bond acceptors (Lipinski definition) is 7. The summed E-state index contributed by atoms with van der Waals surface area (Å²) < 4.78 is 5.93. The molecule has 0 aromatic carbocycles. The van der Waals surface area contributed by atoms with Crippen molar-refractivity contribution in [1.82, 2.24) is 25.2 Å². The van der Waals surface area contributed by atoms with Gasteiger partial charge in [-0.2, -0.15) is 0 Å². The van der Waals surface area contributed by atoms with Gasteiger partial charge >= 0.3 is 0 Å². The maximum absolute atomic E-state index is 13.0. The van der Waals surface area contributed by atoms with E-state index >= 15 is 0 Å². The summed E-state index contributed by atoms with van der Waals surface area (Å²) >= 11 is 0. The van der Waals surface area contributed by atoms with Gasteiger partial charge in [0.1, 0.15) is 17.6 Å². The molecule has 3 aromatic heterocycles. The highest BCUT2D eigenvalue weighted by atomic mass is 16.5. The summed E-state index contributed by atoms with van der Waals surface area (Å²) in [5, 5.41) is 5.50. The van der Waals surface area contributed by atoms with Crippen LogP contribution >= 0.6 is 0 Å². The number of carbonyl (C=O) groups excluding carboxylic acids is 2. The highest BCUT2D eigenvalue weighted by Crippen LogP contribution is 2.25. The number of aromatic nitrogens is 3. The van der Waals surface area contributed by atoms with Crippen molar-refractivity contribution in [3.05, 3.63) is 71.8 Å². The molecule has 0 saturated carbocycles. The van der Waals surface area contributed by atoms with E-state index in [1.54, 1.807) is 49.6 Å². The molecule has 1 aliphatic heterocycles. The molecule has 32 heavy (non-hydrogen) atoms. The third-order valence-corrected chi connectivity index (χ3v) is 5.24. The number of amides is 2. The van der Waals surface area contributed by atoms with Crippen LogP contribution in [0, 0.1) is 0 Å². The molecule has 0 spiro atoms. The van der Waals surface area contributed by atoms with Crippen molar-refractivity contribution in [2.75, 3.05) is 39.1 Å². The van der Waals surface area contributed by atoms with Crippen LogP contribution in [-0.2, 0) is 4.74 Å². The van der Waals surface area contributed by atoms with Crippen LogP contribution in [0.1, 0.15) is 32.6 Å². The van der Waals surface area contributed by atoms with E-state index in [1.165, 1.54) is 0 Å². The number of anilines is 1. The molecule has 2 amide bonds. The predicted molar refractivity (Wildman–Crippen MR) is 119 cm³/mol. The molecule has 0 radical (unpaired) electrons. The van der Waals surface area contributed by atoms with E-state index in [2.05, 4.69) is 20.6 Å². The molecule has 4 heterocycles. The first kappa shape index (κ1) is 21.4. The quantitative estimate of drug-likeness (QED) is 0.636. The summed E-state index contributed by atoms with van der Waals surface area (Å²) in [5.74, 6) is 0.336. The van der Waals surface area contributed by atoms with Gasteiger partial charge in [0.05, 0.1) is 24.5 Å². The lowest BCUT2D eigenvalue weighted by atomic mass is 10.1. The van der Waals surface area contributed by atoms with Gasteiger partial charge < -0.3 is 20.3 Å². The fourth-order valence-corrected chi connectivity index (χ4v) is 3.49. The Hall–Kier alpha value is -3.85. The molecule has 9 heteroatoms. The number of ether oxygens (including phenoxy) is 1. The topological polar surface area (TPSA) is 109 Å². The van der Waals surface area contributed by atoms with E-state index in [-0.39, 0.29) is 17.9 Å². The minimum Gasteiger partial charge on any atom is -0.373 e. The van der Waals surface area contributed by atoms with Crippen LogP contribution in [0.15, 0.2) is 54.9 Å². The Kier molecular flexibility index (Phi) is 6.37. The summed E-state index contributed by atoms with van der Waals surface area (Å²) in [7, 11) is 3.33.